The molecular weight excluding hydrogens is 360 g/mol. The number of nitrogens with two attached hydrogens (primary N) is 3. The molecule has 0 bridgehead atoms. The van der Waals surface area contributed by atoms with Crippen molar-refractivity contribution in [1.29, 1.82) is 5.41 Å². The molecule has 3 amide bonds. The molecule has 9 N–H and O–H groups in total. The molecule has 0 fully saturated rings. The van der Waals surface area contributed by atoms with Crippen molar-refractivity contribution >= 4 is 23.6 Å². The minimum Gasteiger partial charge on any atom is -0.384 e. The highest BCUT2D eigenvalue weighted by Crippen LogP contribution is 2.08. The number of primary amides is 1. The van der Waals surface area contributed by atoms with Crippen LogP contribution in [0.4, 0.5) is 0 Å². The van der Waals surface area contributed by atoms with Gasteiger partial charge in [-0.15, -0.1) is 0 Å². The van der Waals surface area contributed by atoms with Gasteiger partial charge in [-0.1, -0.05) is 44.5 Å². The van der Waals surface area contributed by atoms with Crippen molar-refractivity contribution in [2.75, 3.05) is 0 Å². The molecule has 1 unspecified atom stereocenters. The van der Waals surface area contributed by atoms with Crippen LogP contribution in [-0.4, -0.2) is 35.6 Å². The molecule has 1 aromatic carbocycles. The number of hydrogen-bond donors (Lipinski definition) is 6. The van der Waals surface area contributed by atoms with Crippen LogP contribution in [-0.2, 0) is 20.9 Å². The highest BCUT2D eigenvalue weighted by atomic mass is 16.2. The van der Waals surface area contributed by atoms with Crippen LogP contribution in [0.15, 0.2) is 24.3 Å². The van der Waals surface area contributed by atoms with Crippen molar-refractivity contribution in [3.63, 3.8) is 0 Å². The zero-order valence-corrected chi connectivity index (χ0v) is 16.3. The molecule has 0 radical (unpaired) electrons. The van der Waals surface area contributed by atoms with Gasteiger partial charge in [-0.2, -0.15) is 0 Å². The van der Waals surface area contributed by atoms with Gasteiger partial charge >= 0.3 is 0 Å². The van der Waals surface area contributed by atoms with Crippen LogP contribution in [0.25, 0.3) is 0 Å². The fourth-order valence-electron chi connectivity index (χ4n) is 2.45. The van der Waals surface area contributed by atoms with Gasteiger partial charge in [-0.25, -0.2) is 0 Å². The van der Waals surface area contributed by atoms with Crippen molar-refractivity contribution in [3.05, 3.63) is 35.4 Å². The first-order valence-corrected chi connectivity index (χ1v) is 9.21. The fraction of sp³-hybridized carbons (Fsp3) is 0.474. The molecule has 0 saturated heterocycles. The van der Waals surface area contributed by atoms with Crippen LogP contribution in [0.5, 0.6) is 0 Å². The first kappa shape index (κ1) is 23.1. The lowest BCUT2D eigenvalue weighted by atomic mass is 9.98. The normalized spacial score (nSPS) is 13.8. The molecule has 0 aliphatic carbocycles. The smallest absolute Gasteiger partial charge is 0.242 e. The first-order chi connectivity index (χ1) is 13.1. The molecule has 0 spiro atoms. The van der Waals surface area contributed by atoms with Crippen LogP contribution in [0.3, 0.4) is 0 Å². The minimum atomic E-state index is -0.911. The summed E-state index contributed by atoms with van der Waals surface area (Å²) < 4.78 is 0. The van der Waals surface area contributed by atoms with E-state index in [-0.39, 0.29) is 31.1 Å². The lowest BCUT2D eigenvalue weighted by Gasteiger charge is -2.23. The molecule has 9 nitrogen and oxygen atoms in total. The van der Waals surface area contributed by atoms with E-state index >= 15 is 0 Å². The molecule has 154 valence electrons. The van der Waals surface area contributed by atoms with E-state index in [9.17, 15) is 14.4 Å². The lowest BCUT2D eigenvalue weighted by molar-refractivity contribution is -0.130. The fourth-order valence-corrected chi connectivity index (χ4v) is 2.45. The Morgan fingerprint density at radius 2 is 1.71 bits per heavy atom. The SMILES string of the molecule is CCC(C)[C@@H](N)C(=O)N[C@@H](CCC(N)=O)C(=O)NCc1ccc(C(=N)N)cc1. The molecule has 0 saturated carbocycles. The Labute approximate surface area is 164 Å². The Bertz CT molecular complexity index is 704. The zero-order valence-electron chi connectivity index (χ0n) is 16.3. The molecule has 1 rings (SSSR count). The van der Waals surface area contributed by atoms with Gasteiger partial charge in [0.15, 0.2) is 0 Å². The molecular formula is C19H30N6O3. The number of benzene rings is 1. The summed E-state index contributed by atoms with van der Waals surface area (Å²) in [5.41, 5.74) is 17.9. The maximum absolute atomic E-state index is 12.5. The number of hydrogen-bond acceptors (Lipinski definition) is 5. The third kappa shape index (κ3) is 7.36. The Morgan fingerprint density at radius 1 is 1.11 bits per heavy atom. The lowest BCUT2D eigenvalue weighted by Crippen LogP contribution is -2.53. The third-order valence-electron chi connectivity index (χ3n) is 4.60. The van der Waals surface area contributed by atoms with Crippen LogP contribution < -0.4 is 27.8 Å². The summed E-state index contributed by atoms with van der Waals surface area (Å²) in [6.07, 6.45) is 0.774. The van der Waals surface area contributed by atoms with Gasteiger partial charge in [-0.3, -0.25) is 19.8 Å². The standard InChI is InChI=1S/C19H30N6O3/c1-3-11(2)16(21)19(28)25-14(8-9-15(20)26)18(27)24-10-12-4-6-13(7-5-12)17(22)23/h4-7,11,14,16H,3,8-10,21H2,1-2H3,(H2,20,26)(H3,22,23)(H,24,27)(H,25,28)/t11?,14-,16+/m0/s1. The van der Waals surface area contributed by atoms with E-state index in [1.165, 1.54) is 0 Å². The molecule has 0 aliphatic heterocycles. The highest BCUT2D eigenvalue weighted by molar-refractivity contribution is 5.95. The summed E-state index contributed by atoms with van der Waals surface area (Å²) in [4.78, 5) is 35.9. The van der Waals surface area contributed by atoms with Gasteiger partial charge in [0.05, 0.1) is 6.04 Å². The number of nitrogens with one attached hydrogen (secondary N) is 3. The summed E-state index contributed by atoms with van der Waals surface area (Å²) in [6, 6.07) is 5.20. The predicted octanol–water partition coefficient (Wildman–Crippen LogP) is -0.289. The van der Waals surface area contributed by atoms with Gasteiger partial charge in [0.2, 0.25) is 17.7 Å². The molecule has 3 atom stereocenters. The second-order valence-corrected chi connectivity index (χ2v) is 6.81. The Morgan fingerprint density at radius 3 is 2.21 bits per heavy atom. The average molecular weight is 390 g/mol. The van der Waals surface area contributed by atoms with Gasteiger partial charge in [0.25, 0.3) is 0 Å². The second-order valence-electron chi connectivity index (χ2n) is 6.81. The average Bonchev–Trinajstić information content (AvgIpc) is 2.67. The van der Waals surface area contributed by atoms with Crippen molar-refractivity contribution < 1.29 is 14.4 Å². The van der Waals surface area contributed by atoms with E-state index in [1.54, 1.807) is 24.3 Å². The van der Waals surface area contributed by atoms with E-state index in [2.05, 4.69) is 10.6 Å². The van der Waals surface area contributed by atoms with Crippen LogP contribution in [0, 0.1) is 11.3 Å². The topological polar surface area (TPSA) is 177 Å². The monoisotopic (exact) mass is 390 g/mol. The quantitative estimate of drug-likeness (QED) is 0.224. The van der Waals surface area contributed by atoms with Crippen LogP contribution in [0.2, 0.25) is 0 Å². The van der Waals surface area contributed by atoms with E-state index < -0.39 is 29.8 Å². The molecule has 1 aromatic rings. The number of carbonyl (C=O) groups is 3. The van der Waals surface area contributed by atoms with Crippen molar-refractivity contribution in [2.24, 2.45) is 23.1 Å². The predicted molar refractivity (Wildman–Crippen MR) is 107 cm³/mol. The number of nitrogen functional groups attached to an aromatic ring is 1. The van der Waals surface area contributed by atoms with Crippen molar-refractivity contribution in [3.8, 4) is 0 Å². The van der Waals surface area contributed by atoms with Gasteiger partial charge in [-0.05, 0) is 17.9 Å². The summed E-state index contributed by atoms with van der Waals surface area (Å²) in [5, 5.41) is 12.7. The van der Waals surface area contributed by atoms with Gasteiger partial charge in [0, 0.05) is 18.5 Å². The van der Waals surface area contributed by atoms with E-state index in [0.29, 0.717) is 5.56 Å². The first-order valence-electron chi connectivity index (χ1n) is 9.21. The summed E-state index contributed by atoms with van der Waals surface area (Å²) in [5.74, 6) is -1.51. The zero-order chi connectivity index (χ0) is 21.3. The minimum absolute atomic E-state index is 0.0375. The van der Waals surface area contributed by atoms with Gasteiger partial charge < -0.3 is 27.8 Å². The molecule has 0 aliphatic rings. The second kappa shape index (κ2) is 11.0. The van der Waals surface area contributed by atoms with E-state index in [1.807, 2.05) is 13.8 Å². The maximum atomic E-state index is 12.5. The van der Waals surface area contributed by atoms with E-state index in [4.69, 9.17) is 22.6 Å². The number of rotatable bonds is 11. The van der Waals surface area contributed by atoms with E-state index in [0.717, 1.165) is 12.0 Å². The van der Waals surface area contributed by atoms with Crippen molar-refractivity contribution in [2.45, 2.75) is 51.7 Å². The molecule has 28 heavy (non-hydrogen) atoms. The van der Waals surface area contributed by atoms with Gasteiger partial charge in [0.1, 0.15) is 11.9 Å². The summed E-state index contributed by atoms with van der Waals surface area (Å²) >= 11 is 0. The van der Waals surface area contributed by atoms with Crippen LogP contribution in [0.1, 0.15) is 44.2 Å². The summed E-state index contributed by atoms with van der Waals surface area (Å²) in [6.45, 7) is 4.00. The largest absolute Gasteiger partial charge is 0.384 e. The third-order valence-corrected chi connectivity index (χ3v) is 4.60. The highest BCUT2D eigenvalue weighted by Gasteiger charge is 2.26. The Kier molecular flexibility index (Phi) is 9.10. The summed E-state index contributed by atoms with van der Waals surface area (Å²) in [7, 11) is 0. The number of carbonyl (C=O) groups excluding carboxylic acids is 3. The molecule has 0 aromatic heterocycles. The van der Waals surface area contributed by atoms with Crippen LogP contribution >= 0.6 is 0 Å². The maximum Gasteiger partial charge on any atom is 0.242 e. The van der Waals surface area contributed by atoms with Crippen molar-refractivity contribution in [1.82, 2.24) is 10.6 Å². The Hall–Kier alpha value is -2.94. The number of amidine groups is 1. The Balaban J connectivity index is 2.74. The molecule has 9 heteroatoms. The number of amides is 3. The molecule has 0 heterocycles.